The van der Waals surface area contributed by atoms with Gasteiger partial charge in [-0.25, -0.2) is 8.42 Å². The maximum atomic E-state index is 13.3. The van der Waals surface area contributed by atoms with Crippen LogP contribution in [0.1, 0.15) is 0 Å². The average molecular weight is 305 g/mol. The van der Waals surface area contributed by atoms with Gasteiger partial charge in [-0.2, -0.15) is 4.39 Å². The second kappa shape index (κ2) is 4.81. The Kier molecular flexibility index (Phi) is 3.35. The van der Waals surface area contributed by atoms with Gasteiger partial charge >= 0.3 is 5.69 Å². The zero-order chi connectivity index (χ0) is 14.0. The van der Waals surface area contributed by atoms with Gasteiger partial charge in [0.2, 0.25) is 10.9 Å². The molecule has 0 saturated heterocycles. The van der Waals surface area contributed by atoms with Crippen molar-refractivity contribution in [2.45, 2.75) is 4.90 Å². The van der Waals surface area contributed by atoms with Crippen molar-refractivity contribution in [2.24, 2.45) is 0 Å². The van der Waals surface area contributed by atoms with Gasteiger partial charge in [0.05, 0.1) is 4.92 Å². The molecule has 0 atom stereocenters. The topological polar surface area (TPSA) is 128 Å². The molecule has 2 rings (SSSR count). The maximum absolute atomic E-state index is 13.3. The first kappa shape index (κ1) is 13.2. The third-order valence-electron chi connectivity index (χ3n) is 1.94. The van der Waals surface area contributed by atoms with Crippen LogP contribution >= 0.6 is 11.5 Å². The number of anilines is 1. The molecular formula is C7H4FN5O4S2. The van der Waals surface area contributed by atoms with Gasteiger partial charge < -0.3 is 0 Å². The molecule has 1 aromatic heterocycles. The fourth-order valence-electron chi connectivity index (χ4n) is 1.23. The van der Waals surface area contributed by atoms with Crippen LogP contribution in [0.3, 0.4) is 0 Å². The predicted octanol–water partition coefficient (Wildman–Crippen LogP) is 0.781. The highest BCUT2D eigenvalue weighted by Gasteiger charge is 2.30. The van der Waals surface area contributed by atoms with Crippen molar-refractivity contribution >= 4 is 32.4 Å². The van der Waals surface area contributed by atoms with Gasteiger partial charge in [-0.1, -0.05) is 15.7 Å². The molecule has 2 aromatic rings. The number of nitrogens with zero attached hydrogens (tertiary/aromatic N) is 4. The lowest BCUT2D eigenvalue weighted by molar-refractivity contribution is -0.390. The standard InChI is InChI=1S/C7H4FN5O4S2/c8-4-2-1-3-5(6(4)13(14)15)19(16,17)10-7-9-11-12-18-7/h1-3H,(H,9,10,12). The van der Waals surface area contributed by atoms with Crippen LogP contribution < -0.4 is 4.72 Å². The first-order chi connectivity index (χ1) is 8.92. The van der Waals surface area contributed by atoms with Crippen molar-refractivity contribution < 1.29 is 17.7 Å². The Morgan fingerprint density at radius 3 is 2.74 bits per heavy atom. The number of nitro groups is 1. The Morgan fingerprint density at radius 1 is 1.42 bits per heavy atom. The molecule has 0 unspecified atom stereocenters. The molecule has 0 spiro atoms. The number of hydrogen-bond donors (Lipinski definition) is 1. The lowest BCUT2D eigenvalue weighted by Gasteiger charge is -2.05. The largest absolute Gasteiger partial charge is 0.325 e. The smallest absolute Gasteiger partial charge is 0.258 e. The number of rotatable bonds is 4. The van der Waals surface area contributed by atoms with Gasteiger partial charge in [-0.3, -0.25) is 14.8 Å². The number of hydrogen-bond acceptors (Lipinski definition) is 8. The van der Waals surface area contributed by atoms with Gasteiger partial charge in [0.25, 0.3) is 10.0 Å². The maximum Gasteiger partial charge on any atom is 0.325 e. The molecule has 1 aromatic carbocycles. The van der Waals surface area contributed by atoms with E-state index >= 15 is 0 Å². The van der Waals surface area contributed by atoms with Crippen molar-refractivity contribution in [2.75, 3.05) is 4.72 Å². The van der Waals surface area contributed by atoms with Crippen LogP contribution in [0.4, 0.5) is 15.2 Å². The third-order valence-corrected chi connectivity index (χ3v) is 3.95. The number of benzene rings is 1. The number of nitro benzene ring substituents is 1. The van der Waals surface area contributed by atoms with E-state index in [1.54, 1.807) is 0 Å². The highest BCUT2D eigenvalue weighted by Crippen LogP contribution is 2.28. The molecule has 100 valence electrons. The van der Waals surface area contributed by atoms with E-state index in [0.29, 0.717) is 11.5 Å². The molecule has 12 heteroatoms. The van der Waals surface area contributed by atoms with E-state index in [1.165, 1.54) is 0 Å². The van der Waals surface area contributed by atoms with Crippen molar-refractivity contribution in [1.29, 1.82) is 0 Å². The van der Waals surface area contributed by atoms with E-state index in [1.807, 2.05) is 4.72 Å². The quantitative estimate of drug-likeness (QED) is 0.652. The Hall–Kier alpha value is -2.21. The molecule has 0 fully saturated rings. The van der Waals surface area contributed by atoms with E-state index in [-0.39, 0.29) is 5.13 Å². The summed E-state index contributed by atoms with van der Waals surface area (Å²) in [4.78, 5) is 8.82. The molecule has 0 radical (unpaired) electrons. The van der Waals surface area contributed by atoms with Crippen molar-refractivity contribution in [3.63, 3.8) is 0 Å². The minimum Gasteiger partial charge on any atom is -0.258 e. The molecule has 0 aliphatic carbocycles. The summed E-state index contributed by atoms with van der Waals surface area (Å²) in [5.74, 6) is -1.25. The van der Waals surface area contributed by atoms with Crippen LogP contribution in [0.2, 0.25) is 0 Å². The summed E-state index contributed by atoms with van der Waals surface area (Å²) in [6, 6.07) is 2.76. The van der Waals surface area contributed by atoms with E-state index in [2.05, 4.69) is 14.8 Å². The lowest BCUT2D eigenvalue weighted by Crippen LogP contribution is -2.15. The summed E-state index contributed by atoms with van der Waals surface area (Å²) < 4.78 is 42.4. The van der Waals surface area contributed by atoms with Gasteiger partial charge in [0, 0.05) is 11.5 Å². The number of para-hydroxylation sites is 1. The van der Waals surface area contributed by atoms with Crippen molar-refractivity contribution in [3.8, 4) is 0 Å². The zero-order valence-electron chi connectivity index (χ0n) is 8.85. The van der Waals surface area contributed by atoms with E-state index in [4.69, 9.17) is 0 Å². The fourth-order valence-corrected chi connectivity index (χ4v) is 3.00. The second-order valence-corrected chi connectivity index (χ2v) is 5.50. The molecule has 0 saturated carbocycles. The van der Waals surface area contributed by atoms with Gasteiger partial charge in [-0.05, 0) is 17.3 Å². The van der Waals surface area contributed by atoms with Gasteiger partial charge in [0.1, 0.15) is 0 Å². The van der Waals surface area contributed by atoms with Crippen LogP contribution in [-0.4, -0.2) is 28.1 Å². The van der Waals surface area contributed by atoms with Crippen LogP contribution in [0.5, 0.6) is 0 Å². The molecule has 0 bridgehead atoms. The lowest BCUT2D eigenvalue weighted by atomic mass is 10.3. The first-order valence-electron chi connectivity index (χ1n) is 4.52. The second-order valence-electron chi connectivity index (χ2n) is 3.12. The van der Waals surface area contributed by atoms with Crippen molar-refractivity contribution in [3.05, 3.63) is 34.1 Å². The SMILES string of the molecule is O=[N+]([O-])c1c(F)cccc1S(=O)(=O)Nc1nnns1. The molecule has 0 aliphatic rings. The number of nitrogens with one attached hydrogen (secondary N) is 1. The molecule has 1 N–H and O–H groups in total. The van der Waals surface area contributed by atoms with E-state index < -0.39 is 31.3 Å². The zero-order valence-corrected chi connectivity index (χ0v) is 10.5. The van der Waals surface area contributed by atoms with Crippen molar-refractivity contribution in [1.82, 2.24) is 14.8 Å². The van der Waals surface area contributed by atoms with Gasteiger partial charge in [-0.15, -0.1) is 0 Å². The normalized spacial score (nSPS) is 11.2. The Bertz CT molecular complexity index is 717. The monoisotopic (exact) mass is 305 g/mol. The van der Waals surface area contributed by atoms with E-state index in [0.717, 1.165) is 18.2 Å². The minimum absolute atomic E-state index is 0.182. The summed E-state index contributed by atoms with van der Waals surface area (Å²) in [6.45, 7) is 0. The number of sulfonamides is 1. The molecule has 0 aliphatic heterocycles. The first-order valence-corrected chi connectivity index (χ1v) is 6.78. The third kappa shape index (κ3) is 2.63. The summed E-state index contributed by atoms with van der Waals surface area (Å²) in [5, 5.41) is 17.0. The molecular weight excluding hydrogens is 301 g/mol. The molecule has 0 amide bonds. The Balaban J connectivity index is 2.52. The van der Waals surface area contributed by atoms with Crippen LogP contribution in [0.25, 0.3) is 0 Å². The van der Waals surface area contributed by atoms with Crippen LogP contribution in [0.15, 0.2) is 23.1 Å². The number of aromatic nitrogens is 3. The Labute approximate surface area is 109 Å². The van der Waals surface area contributed by atoms with Crippen LogP contribution in [0, 0.1) is 15.9 Å². The highest BCUT2D eigenvalue weighted by atomic mass is 32.2. The molecule has 19 heavy (non-hydrogen) atoms. The van der Waals surface area contributed by atoms with Crippen LogP contribution in [-0.2, 0) is 10.0 Å². The Morgan fingerprint density at radius 2 is 2.16 bits per heavy atom. The highest BCUT2D eigenvalue weighted by molar-refractivity contribution is 7.93. The summed E-state index contributed by atoms with van der Waals surface area (Å²) in [5.41, 5.74) is -1.13. The van der Waals surface area contributed by atoms with Gasteiger partial charge in [0.15, 0.2) is 4.90 Å². The fraction of sp³-hybridized carbons (Fsp3) is 0. The molecule has 1 heterocycles. The summed E-state index contributed by atoms with van der Waals surface area (Å²) >= 11 is 0.637. The average Bonchev–Trinajstić information content (AvgIpc) is 2.80. The molecule has 9 nitrogen and oxygen atoms in total. The summed E-state index contributed by atoms with van der Waals surface area (Å²) in [6.07, 6.45) is 0. The minimum atomic E-state index is -4.35. The predicted molar refractivity (Wildman–Crippen MR) is 61.6 cm³/mol. The number of halogens is 1. The summed E-state index contributed by atoms with van der Waals surface area (Å²) in [7, 11) is -4.35. The van der Waals surface area contributed by atoms with E-state index in [9.17, 15) is 22.9 Å².